The Kier molecular flexibility index (Phi) is 8.10. The predicted octanol–water partition coefficient (Wildman–Crippen LogP) is 3.74. The minimum atomic E-state index is -0.554. The second-order valence-electron chi connectivity index (χ2n) is 7.57. The third kappa shape index (κ3) is 6.60. The zero-order valence-electron chi connectivity index (χ0n) is 18.1. The first-order chi connectivity index (χ1) is 15.1. The molecule has 1 amide bonds. The van der Waals surface area contributed by atoms with Gasteiger partial charge in [-0.3, -0.25) is 4.79 Å². The molecular weight excluding hydrogens is 394 g/mol. The summed E-state index contributed by atoms with van der Waals surface area (Å²) in [5.41, 5.74) is 2.10. The average Bonchev–Trinajstić information content (AvgIpc) is 2.82. The Morgan fingerprint density at radius 2 is 1.71 bits per heavy atom. The van der Waals surface area contributed by atoms with E-state index < -0.39 is 5.97 Å². The van der Waals surface area contributed by atoms with Crippen molar-refractivity contribution >= 4 is 18.0 Å². The van der Waals surface area contributed by atoms with Crippen molar-refractivity contribution in [1.29, 1.82) is 0 Å². The maximum absolute atomic E-state index is 12.4. The summed E-state index contributed by atoms with van der Waals surface area (Å²) in [6.07, 6.45) is 5.89. The van der Waals surface area contributed by atoms with Gasteiger partial charge >= 0.3 is 5.97 Å². The van der Waals surface area contributed by atoms with Gasteiger partial charge in [0.1, 0.15) is 0 Å². The van der Waals surface area contributed by atoms with Gasteiger partial charge in [-0.1, -0.05) is 36.4 Å². The molecule has 1 fully saturated rings. The van der Waals surface area contributed by atoms with Gasteiger partial charge in [-0.05, 0) is 54.5 Å². The fourth-order valence-electron chi connectivity index (χ4n) is 3.73. The van der Waals surface area contributed by atoms with Crippen LogP contribution in [0.25, 0.3) is 6.08 Å². The smallest absolute Gasteiger partial charge is 0.331 e. The zero-order chi connectivity index (χ0) is 22.1. The van der Waals surface area contributed by atoms with Gasteiger partial charge in [0.05, 0.1) is 14.2 Å². The molecule has 0 atom stereocenters. The molecule has 6 nitrogen and oxygen atoms in total. The summed E-state index contributed by atoms with van der Waals surface area (Å²) in [5, 5.41) is 0. The number of amides is 1. The minimum absolute atomic E-state index is 0.147. The van der Waals surface area contributed by atoms with Crippen LogP contribution in [-0.4, -0.2) is 50.7 Å². The van der Waals surface area contributed by atoms with Crippen LogP contribution in [0.3, 0.4) is 0 Å². The van der Waals surface area contributed by atoms with Gasteiger partial charge in [-0.15, -0.1) is 0 Å². The maximum Gasteiger partial charge on any atom is 0.331 e. The van der Waals surface area contributed by atoms with Crippen LogP contribution in [0.15, 0.2) is 54.6 Å². The molecule has 2 aromatic carbocycles. The largest absolute Gasteiger partial charge is 0.493 e. The molecule has 0 unspecified atom stereocenters. The molecule has 0 radical (unpaired) electrons. The highest BCUT2D eigenvalue weighted by Gasteiger charge is 2.23. The molecule has 3 rings (SSSR count). The normalized spacial score (nSPS) is 14.5. The van der Waals surface area contributed by atoms with Gasteiger partial charge in [0, 0.05) is 19.2 Å². The molecule has 0 aliphatic carbocycles. The van der Waals surface area contributed by atoms with E-state index in [1.54, 1.807) is 43.4 Å². The molecule has 6 heteroatoms. The Balaban J connectivity index is 1.41. The van der Waals surface area contributed by atoms with Crippen molar-refractivity contribution in [2.75, 3.05) is 33.9 Å². The number of likely N-dealkylation sites (tertiary alicyclic amines) is 1. The molecule has 0 aromatic heterocycles. The summed E-state index contributed by atoms with van der Waals surface area (Å²) in [4.78, 5) is 26.2. The van der Waals surface area contributed by atoms with Crippen molar-refractivity contribution in [3.05, 3.63) is 65.7 Å². The predicted molar refractivity (Wildman–Crippen MR) is 119 cm³/mol. The summed E-state index contributed by atoms with van der Waals surface area (Å²) in [7, 11) is 3.11. The second kappa shape index (κ2) is 11.2. The van der Waals surface area contributed by atoms with E-state index in [0.717, 1.165) is 24.8 Å². The van der Waals surface area contributed by atoms with Crippen molar-refractivity contribution in [3.8, 4) is 11.5 Å². The lowest BCUT2D eigenvalue weighted by atomic mass is 9.90. The molecule has 0 spiro atoms. The zero-order valence-corrected chi connectivity index (χ0v) is 18.1. The van der Waals surface area contributed by atoms with Gasteiger partial charge in [-0.2, -0.15) is 0 Å². The lowest BCUT2D eigenvalue weighted by Gasteiger charge is -2.32. The fourth-order valence-corrected chi connectivity index (χ4v) is 3.73. The van der Waals surface area contributed by atoms with E-state index >= 15 is 0 Å². The minimum Gasteiger partial charge on any atom is -0.493 e. The number of ether oxygens (including phenoxy) is 3. The number of esters is 1. The van der Waals surface area contributed by atoms with E-state index in [2.05, 4.69) is 24.3 Å². The molecule has 1 aliphatic heterocycles. The van der Waals surface area contributed by atoms with Crippen molar-refractivity contribution in [3.63, 3.8) is 0 Å². The Labute approximate surface area is 183 Å². The third-order valence-corrected chi connectivity index (χ3v) is 5.49. The Morgan fingerprint density at radius 1 is 1.00 bits per heavy atom. The fraction of sp³-hybridized carbons (Fsp3) is 0.360. The van der Waals surface area contributed by atoms with Crippen LogP contribution in [0.1, 0.15) is 24.0 Å². The summed E-state index contributed by atoms with van der Waals surface area (Å²) >= 11 is 0. The molecule has 1 saturated heterocycles. The third-order valence-electron chi connectivity index (χ3n) is 5.49. The van der Waals surface area contributed by atoms with Crippen LogP contribution in [-0.2, 0) is 20.7 Å². The molecule has 0 N–H and O–H groups in total. The molecular formula is C25H29NO5. The molecule has 0 saturated carbocycles. The van der Waals surface area contributed by atoms with E-state index in [1.165, 1.54) is 11.6 Å². The molecule has 1 heterocycles. The number of hydrogen-bond acceptors (Lipinski definition) is 5. The summed E-state index contributed by atoms with van der Waals surface area (Å²) in [6.45, 7) is 1.17. The van der Waals surface area contributed by atoms with Crippen molar-refractivity contribution < 1.29 is 23.8 Å². The Morgan fingerprint density at radius 3 is 2.39 bits per heavy atom. The van der Waals surface area contributed by atoms with Gasteiger partial charge in [0.2, 0.25) is 0 Å². The summed E-state index contributed by atoms with van der Waals surface area (Å²) < 4.78 is 15.6. The Bertz CT molecular complexity index is 901. The maximum atomic E-state index is 12.4. The highest BCUT2D eigenvalue weighted by atomic mass is 16.5. The molecule has 1 aliphatic rings. The van der Waals surface area contributed by atoms with Crippen LogP contribution < -0.4 is 9.47 Å². The van der Waals surface area contributed by atoms with Crippen molar-refractivity contribution in [2.45, 2.75) is 19.3 Å². The molecule has 2 aromatic rings. The number of benzene rings is 2. The number of piperidine rings is 1. The van der Waals surface area contributed by atoms with E-state index in [9.17, 15) is 9.59 Å². The molecule has 0 bridgehead atoms. The number of rotatable bonds is 8. The topological polar surface area (TPSA) is 65.1 Å². The average molecular weight is 424 g/mol. The van der Waals surface area contributed by atoms with Crippen LogP contribution in [0.5, 0.6) is 11.5 Å². The molecule has 31 heavy (non-hydrogen) atoms. The molecule has 164 valence electrons. The van der Waals surface area contributed by atoms with E-state index in [1.807, 2.05) is 6.07 Å². The number of carbonyl (C=O) groups excluding carboxylic acids is 2. The second-order valence-corrected chi connectivity index (χ2v) is 7.57. The Hall–Kier alpha value is -3.28. The number of nitrogens with zero attached hydrogens (tertiary/aromatic N) is 1. The van der Waals surface area contributed by atoms with Gasteiger partial charge in [0.15, 0.2) is 18.1 Å². The van der Waals surface area contributed by atoms with E-state index in [-0.39, 0.29) is 12.5 Å². The summed E-state index contributed by atoms with van der Waals surface area (Å²) in [6, 6.07) is 15.7. The standard InChI is InChI=1S/C25H29NO5/c1-29-22-10-8-20(17-23(22)30-2)9-11-25(28)31-18-24(27)26-14-12-21(13-15-26)16-19-6-4-3-5-7-19/h3-11,17,21H,12-16,18H2,1-2H3/b11-9+. The first-order valence-corrected chi connectivity index (χ1v) is 10.5. The monoisotopic (exact) mass is 423 g/mol. The van der Waals surface area contributed by atoms with Crippen LogP contribution >= 0.6 is 0 Å². The SMILES string of the molecule is COc1ccc(/C=C/C(=O)OCC(=O)N2CCC(Cc3ccccc3)CC2)cc1OC. The van der Waals surface area contributed by atoms with Crippen molar-refractivity contribution in [1.82, 2.24) is 4.90 Å². The highest BCUT2D eigenvalue weighted by molar-refractivity contribution is 5.89. The number of hydrogen-bond donors (Lipinski definition) is 0. The van der Waals surface area contributed by atoms with Gasteiger partial charge < -0.3 is 19.1 Å². The van der Waals surface area contributed by atoms with Crippen LogP contribution in [0.2, 0.25) is 0 Å². The lowest BCUT2D eigenvalue weighted by molar-refractivity contribution is -0.148. The van der Waals surface area contributed by atoms with E-state index in [0.29, 0.717) is 30.5 Å². The van der Waals surface area contributed by atoms with Crippen LogP contribution in [0, 0.1) is 5.92 Å². The quantitative estimate of drug-likeness (QED) is 0.478. The highest BCUT2D eigenvalue weighted by Crippen LogP contribution is 2.28. The first-order valence-electron chi connectivity index (χ1n) is 10.5. The summed E-state index contributed by atoms with van der Waals surface area (Å²) in [5.74, 6) is 1.07. The van der Waals surface area contributed by atoms with Crippen molar-refractivity contribution in [2.24, 2.45) is 5.92 Å². The lowest BCUT2D eigenvalue weighted by Crippen LogP contribution is -2.41. The van der Waals surface area contributed by atoms with Gasteiger partial charge in [-0.25, -0.2) is 4.79 Å². The van der Waals surface area contributed by atoms with E-state index in [4.69, 9.17) is 14.2 Å². The number of carbonyl (C=O) groups is 2. The van der Waals surface area contributed by atoms with Gasteiger partial charge in [0.25, 0.3) is 5.91 Å². The van der Waals surface area contributed by atoms with Crippen LogP contribution in [0.4, 0.5) is 0 Å². The first kappa shape index (κ1) is 22.4. The number of methoxy groups -OCH3 is 2.